The lowest BCUT2D eigenvalue weighted by Crippen LogP contribution is -2.36. The largest absolute Gasteiger partial charge is 0.472 e. The van der Waals surface area contributed by atoms with Gasteiger partial charge in [-0.25, -0.2) is 0 Å². The number of nitrogens with zero attached hydrogens (tertiary/aromatic N) is 3. The van der Waals surface area contributed by atoms with Crippen LogP contribution in [0.25, 0.3) is 0 Å². The van der Waals surface area contributed by atoms with Crippen molar-refractivity contribution in [2.45, 2.75) is 31.5 Å². The van der Waals surface area contributed by atoms with Crippen molar-refractivity contribution >= 4 is 0 Å². The first-order chi connectivity index (χ1) is 9.22. The predicted octanol–water partition coefficient (Wildman–Crippen LogP) is 1.19. The first-order valence-electron chi connectivity index (χ1n) is 6.63. The Balaban J connectivity index is 1.69. The Labute approximate surface area is 112 Å². The third-order valence-corrected chi connectivity index (χ3v) is 3.79. The molecular formula is C14H19N3O2. The van der Waals surface area contributed by atoms with Gasteiger partial charge in [0.15, 0.2) is 0 Å². The van der Waals surface area contributed by atoms with Crippen molar-refractivity contribution in [3.8, 4) is 0 Å². The topological polar surface area (TPSA) is 54.4 Å². The van der Waals surface area contributed by atoms with Crippen LogP contribution in [-0.2, 0) is 20.0 Å². The molecular weight excluding hydrogens is 242 g/mol. The Morgan fingerprint density at radius 2 is 2.37 bits per heavy atom. The lowest BCUT2D eigenvalue weighted by Gasteiger charge is -2.25. The molecule has 102 valence electrons. The third-order valence-electron chi connectivity index (χ3n) is 3.79. The molecule has 0 saturated carbocycles. The van der Waals surface area contributed by atoms with Crippen LogP contribution in [0.4, 0.5) is 0 Å². The Bertz CT molecular complexity index is 521. The molecule has 1 aliphatic heterocycles. The predicted molar refractivity (Wildman–Crippen MR) is 70.4 cm³/mol. The summed E-state index contributed by atoms with van der Waals surface area (Å²) in [5.41, 5.74) is 2.33. The number of aryl methyl sites for hydroxylation is 1. The molecule has 0 spiro atoms. The van der Waals surface area contributed by atoms with E-state index in [1.54, 1.807) is 17.2 Å². The van der Waals surface area contributed by atoms with Gasteiger partial charge < -0.3 is 9.52 Å². The highest BCUT2D eigenvalue weighted by molar-refractivity contribution is 5.11. The maximum absolute atomic E-state index is 10.2. The second-order valence-electron chi connectivity index (χ2n) is 5.25. The molecule has 0 aliphatic carbocycles. The SMILES string of the molecule is Cn1cc(C[C@H]2[C@H](O)CCN2Cc2ccoc2)cn1. The molecule has 5 nitrogen and oxygen atoms in total. The molecule has 2 aromatic rings. The van der Waals surface area contributed by atoms with Gasteiger partial charge in [0.2, 0.25) is 0 Å². The van der Waals surface area contributed by atoms with Gasteiger partial charge in [-0.05, 0) is 24.5 Å². The molecule has 1 N–H and O–H groups in total. The van der Waals surface area contributed by atoms with Crippen molar-refractivity contribution in [2.75, 3.05) is 6.54 Å². The maximum Gasteiger partial charge on any atom is 0.0947 e. The average Bonchev–Trinajstić information content (AvgIpc) is 3.08. The van der Waals surface area contributed by atoms with Crippen LogP contribution in [0.5, 0.6) is 0 Å². The fraction of sp³-hybridized carbons (Fsp3) is 0.500. The smallest absolute Gasteiger partial charge is 0.0947 e. The van der Waals surface area contributed by atoms with E-state index in [2.05, 4.69) is 10.00 Å². The zero-order chi connectivity index (χ0) is 13.2. The molecule has 1 saturated heterocycles. The summed E-state index contributed by atoms with van der Waals surface area (Å²) in [6.07, 6.45) is 8.77. The molecule has 1 fully saturated rings. The van der Waals surface area contributed by atoms with Crippen LogP contribution in [0.1, 0.15) is 17.5 Å². The number of aromatic nitrogens is 2. The van der Waals surface area contributed by atoms with Crippen LogP contribution in [0.2, 0.25) is 0 Å². The fourth-order valence-corrected chi connectivity index (χ4v) is 2.80. The summed E-state index contributed by atoms with van der Waals surface area (Å²) in [6.45, 7) is 1.76. The molecule has 0 aromatic carbocycles. The van der Waals surface area contributed by atoms with Gasteiger partial charge >= 0.3 is 0 Å². The summed E-state index contributed by atoms with van der Waals surface area (Å²) < 4.78 is 6.91. The van der Waals surface area contributed by atoms with Gasteiger partial charge in [-0.3, -0.25) is 9.58 Å². The highest BCUT2D eigenvalue weighted by atomic mass is 16.3. The average molecular weight is 261 g/mol. The van der Waals surface area contributed by atoms with Crippen LogP contribution < -0.4 is 0 Å². The number of aliphatic hydroxyl groups is 1. The molecule has 19 heavy (non-hydrogen) atoms. The van der Waals surface area contributed by atoms with Crippen LogP contribution >= 0.6 is 0 Å². The van der Waals surface area contributed by atoms with E-state index in [-0.39, 0.29) is 12.1 Å². The van der Waals surface area contributed by atoms with Gasteiger partial charge in [0.25, 0.3) is 0 Å². The van der Waals surface area contributed by atoms with Gasteiger partial charge in [-0.2, -0.15) is 5.10 Å². The molecule has 0 radical (unpaired) electrons. The quantitative estimate of drug-likeness (QED) is 0.898. The molecule has 0 bridgehead atoms. The second kappa shape index (κ2) is 5.19. The van der Waals surface area contributed by atoms with Gasteiger partial charge in [-0.15, -0.1) is 0 Å². The summed E-state index contributed by atoms with van der Waals surface area (Å²) >= 11 is 0. The minimum absolute atomic E-state index is 0.166. The third kappa shape index (κ3) is 2.72. The van der Waals surface area contributed by atoms with Crippen LogP contribution in [-0.4, -0.2) is 38.5 Å². The van der Waals surface area contributed by atoms with Gasteiger partial charge in [-0.1, -0.05) is 0 Å². The summed E-state index contributed by atoms with van der Waals surface area (Å²) in [6, 6.07) is 2.14. The number of hydrogen-bond donors (Lipinski definition) is 1. The van der Waals surface area contributed by atoms with Crippen molar-refractivity contribution in [1.29, 1.82) is 0 Å². The number of aliphatic hydroxyl groups excluding tert-OH is 1. The maximum atomic E-state index is 10.2. The molecule has 1 aliphatic rings. The summed E-state index contributed by atoms with van der Waals surface area (Å²) in [4.78, 5) is 2.32. The zero-order valence-corrected chi connectivity index (χ0v) is 11.1. The van der Waals surface area contributed by atoms with E-state index in [1.165, 1.54) is 5.56 Å². The first-order valence-corrected chi connectivity index (χ1v) is 6.63. The van der Waals surface area contributed by atoms with Crippen molar-refractivity contribution in [3.63, 3.8) is 0 Å². The molecule has 0 amide bonds. The van der Waals surface area contributed by atoms with Crippen LogP contribution in [0.3, 0.4) is 0 Å². The Kier molecular flexibility index (Phi) is 3.40. The Hall–Kier alpha value is -1.59. The summed E-state index contributed by atoms with van der Waals surface area (Å²) in [7, 11) is 1.91. The first kappa shape index (κ1) is 12.4. The van der Waals surface area contributed by atoms with E-state index < -0.39 is 0 Å². The van der Waals surface area contributed by atoms with E-state index in [0.717, 1.165) is 31.5 Å². The van der Waals surface area contributed by atoms with Crippen LogP contribution in [0.15, 0.2) is 35.4 Å². The highest BCUT2D eigenvalue weighted by Crippen LogP contribution is 2.23. The molecule has 3 rings (SSSR count). The van der Waals surface area contributed by atoms with E-state index in [9.17, 15) is 5.11 Å². The molecule has 2 atom stereocenters. The highest BCUT2D eigenvalue weighted by Gasteiger charge is 2.33. The van der Waals surface area contributed by atoms with Crippen molar-refractivity contribution in [1.82, 2.24) is 14.7 Å². The Morgan fingerprint density at radius 1 is 1.47 bits per heavy atom. The van der Waals surface area contributed by atoms with E-state index in [4.69, 9.17) is 4.42 Å². The monoisotopic (exact) mass is 261 g/mol. The number of rotatable bonds is 4. The number of likely N-dealkylation sites (tertiary alicyclic amines) is 1. The number of hydrogen-bond acceptors (Lipinski definition) is 4. The molecule has 2 aromatic heterocycles. The lowest BCUT2D eigenvalue weighted by atomic mass is 10.0. The molecule has 0 unspecified atom stereocenters. The fourth-order valence-electron chi connectivity index (χ4n) is 2.80. The van der Waals surface area contributed by atoms with Gasteiger partial charge in [0, 0.05) is 37.9 Å². The summed E-state index contributed by atoms with van der Waals surface area (Å²) in [5, 5.41) is 14.3. The van der Waals surface area contributed by atoms with E-state index in [0.29, 0.717) is 0 Å². The minimum atomic E-state index is -0.257. The van der Waals surface area contributed by atoms with E-state index >= 15 is 0 Å². The van der Waals surface area contributed by atoms with Crippen molar-refractivity contribution in [2.24, 2.45) is 7.05 Å². The Morgan fingerprint density at radius 3 is 3.05 bits per heavy atom. The standard InChI is InChI=1S/C14H19N3O2/c1-16-8-12(7-15-16)6-13-14(18)2-4-17(13)9-11-3-5-19-10-11/h3,5,7-8,10,13-14,18H,2,4,6,9H2,1H3/t13-,14+/m0/s1. The zero-order valence-electron chi connectivity index (χ0n) is 11.1. The number of furan rings is 1. The van der Waals surface area contributed by atoms with Gasteiger partial charge in [0.05, 0.1) is 24.8 Å². The van der Waals surface area contributed by atoms with E-state index in [1.807, 2.05) is 25.5 Å². The minimum Gasteiger partial charge on any atom is -0.472 e. The van der Waals surface area contributed by atoms with Crippen LogP contribution in [0, 0.1) is 0 Å². The summed E-state index contributed by atoms with van der Waals surface area (Å²) in [5.74, 6) is 0. The normalized spacial score (nSPS) is 24.1. The second-order valence-corrected chi connectivity index (χ2v) is 5.25. The van der Waals surface area contributed by atoms with Crippen molar-refractivity contribution in [3.05, 3.63) is 42.1 Å². The molecule has 3 heterocycles. The molecule has 5 heteroatoms. The lowest BCUT2D eigenvalue weighted by molar-refractivity contribution is 0.112. The van der Waals surface area contributed by atoms with Gasteiger partial charge in [0.1, 0.15) is 0 Å². The van der Waals surface area contributed by atoms with Crippen molar-refractivity contribution < 1.29 is 9.52 Å².